The molecule has 4 rings (SSSR count). The fourth-order valence-electron chi connectivity index (χ4n) is 4.50. The van der Waals surface area contributed by atoms with E-state index in [1.807, 2.05) is 35.2 Å². The average Bonchev–Trinajstić information content (AvgIpc) is 2.88. The lowest BCUT2D eigenvalue weighted by molar-refractivity contribution is -0.144. The Morgan fingerprint density at radius 2 is 1.59 bits per heavy atom. The molecule has 182 valence electrons. The third-order valence-corrected chi connectivity index (χ3v) is 6.62. The molecule has 0 radical (unpaired) electrons. The van der Waals surface area contributed by atoms with E-state index in [0.29, 0.717) is 63.2 Å². The van der Waals surface area contributed by atoms with E-state index in [-0.39, 0.29) is 18.4 Å². The fraction of sp³-hybridized carbons (Fsp3) is 0.462. The molecule has 2 aromatic rings. The molecule has 0 bridgehead atoms. The molecule has 2 heterocycles. The molecule has 0 spiro atoms. The molecule has 0 N–H and O–H groups in total. The van der Waals surface area contributed by atoms with Gasteiger partial charge in [-0.3, -0.25) is 9.59 Å². The minimum atomic E-state index is -0.459. The molecule has 7 nitrogen and oxygen atoms in total. The molecule has 1 atom stereocenters. The number of hydrogen-bond acceptors (Lipinski definition) is 5. The number of likely N-dealkylation sites (tertiary alicyclic amines) is 1. The predicted octanol–water partition coefficient (Wildman–Crippen LogP) is 3.66. The van der Waals surface area contributed by atoms with Crippen molar-refractivity contribution in [1.82, 2.24) is 9.80 Å². The van der Waals surface area contributed by atoms with E-state index in [4.69, 9.17) is 25.8 Å². The number of para-hydroxylation sites is 1. The summed E-state index contributed by atoms with van der Waals surface area (Å²) >= 11 is 5.92. The molecule has 2 amide bonds. The number of nitrogens with zero attached hydrogens (tertiary/aromatic N) is 2. The van der Waals surface area contributed by atoms with Crippen LogP contribution in [-0.2, 0) is 14.3 Å². The summed E-state index contributed by atoms with van der Waals surface area (Å²) in [6.45, 7) is 3.74. The SMILES string of the molecule is O=C(C[C@]1(COc2ccccc2)CCCN(C(=O)COc2ccc(Cl)cc2)C1)N1CCOCC1. The van der Waals surface area contributed by atoms with Gasteiger partial charge in [0.15, 0.2) is 6.61 Å². The number of rotatable bonds is 8. The minimum Gasteiger partial charge on any atom is -0.493 e. The lowest BCUT2D eigenvalue weighted by atomic mass is 9.77. The highest BCUT2D eigenvalue weighted by molar-refractivity contribution is 6.30. The van der Waals surface area contributed by atoms with Crippen molar-refractivity contribution in [1.29, 1.82) is 0 Å². The van der Waals surface area contributed by atoms with Crippen molar-refractivity contribution in [2.24, 2.45) is 5.41 Å². The Kier molecular flexibility index (Phi) is 8.29. The third kappa shape index (κ3) is 6.64. The van der Waals surface area contributed by atoms with E-state index in [0.717, 1.165) is 18.6 Å². The first-order valence-corrected chi connectivity index (χ1v) is 12.1. The summed E-state index contributed by atoms with van der Waals surface area (Å²) in [5.74, 6) is 1.34. The second-order valence-electron chi connectivity index (χ2n) is 8.93. The average molecular weight is 487 g/mol. The molecular weight excluding hydrogens is 456 g/mol. The first kappa shape index (κ1) is 24.4. The van der Waals surface area contributed by atoms with Gasteiger partial charge in [-0.25, -0.2) is 0 Å². The molecular formula is C26H31ClN2O5. The zero-order chi connectivity index (χ0) is 23.8. The Labute approximate surface area is 205 Å². The molecule has 2 aliphatic rings. The number of morpholine rings is 1. The van der Waals surface area contributed by atoms with Crippen LogP contribution in [-0.4, -0.2) is 74.2 Å². The predicted molar refractivity (Wildman–Crippen MR) is 129 cm³/mol. The first-order chi connectivity index (χ1) is 16.5. The zero-order valence-corrected chi connectivity index (χ0v) is 20.0. The van der Waals surface area contributed by atoms with Gasteiger partial charge in [0.2, 0.25) is 5.91 Å². The molecule has 0 saturated carbocycles. The van der Waals surface area contributed by atoms with Crippen LogP contribution < -0.4 is 9.47 Å². The van der Waals surface area contributed by atoms with Crippen molar-refractivity contribution in [2.45, 2.75) is 19.3 Å². The maximum Gasteiger partial charge on any atom is 0.260 e. The largest absolute Gasteiger partial charge is 0.493 e. The number of piperidine rings is 1. The Morgan fingerprint density at radius 1 is 0.882 bits per heavy atom. The zero-order valence-electron chi connectivity index (χ0n) is 19.3. The van der Waals surface area contributed by atoms with Crippen LogP contribution in [0.1, 0.15) is 19.3 Å². The van der Waals surface area contributed by atoms with Gasteiger partial charge in [-0.1, -0.05) is 29.8 Å². The standard InChI is InChI=1S/C26H31ClN2O5/c27-21-7-9-23(10-8-21)33-18-25(31)29-12-4-11-26(19-29,20-34-22-5-2-1-3-6-22)17-24(30)28-13-15-32-16-14-28/h1-3,5-10H,4,11-20H2/t26-/m1/s1. The summed E-state index contributed by atoms with van der Waals surface area (Å²) in [5.41, 5.74) is -0.459. The van der Waals surface area contributed by atoms with Crippen LogP contribution in [0.2, 0.25) is 5.02 Å². The Hall–Kier alpha value is -2.77. The minimum absolute atomic E-state index is 0.0608. The van der Waals surface area contributed by atoms with Crippen molar-refractivity contribution in [3.05, 3.63) is 59.6 Å². The van der Waals surface area contributed by atoms with Crippen LogP contribution in [0.15, 0.2) is 54.6 Å². The smallest absolute Gasteiger partial charge is 0.260 e. The van der Waals surface area contributed by atoms with E-state index in [1.165, 1.54) is 0 Å². The van der Waals surface area contributed by atoms with E-state index in [2.05, 4.69) is 0 Å². The molecule has 2 saturated heterocycles. The summed E-state index contributed by atoms with van der Waals surface area (Å²) in [6, 6.07) is 16.5. The number of carbonyl (C=O) groups is 2. The molecule has 2 fully saturated rings. The normalized spacial score (nSPS) is 20.6. The molecule has 0 aromatic heterocycles. The number of ether oxygens (including phenoxy) is 3. The van der Waals surface area contributed by atoms with Gasteiger partial charge in [-0.05, 0) is 49.2 Å². The van der Waals surface area contributed by atoms with Gasteiger partial charge in [-0.15, -0.1) is 0 Å². The van der Waals surface area contributed by atoms with Gasteiger partial charge in [0.1, 0.15) is 11.5 Å². The third-order valence-electron chi connectivity index (χ3n) is 6.37. The van der Waals surface area contributed by atoms with Gasteiger partial charge in [0, 0.05) is 43.0 Å². The van der Waals surface area contributed by atoms with E-state index >= 15 is 0 Å². The lowest BCUT2D eigenvalue weighted by Gasteiger charge is -2.43. The number of benzene rings is 2. The number of halogens is 1. The summed E-state index contributed by atoms with van der Waals surface area (Å²) in [4.78, 5) is 29.8. The molecule has 0 aliphatic carbocycles. The molecule has 34 heavy (non-hydrogen) atoms. The Balaban J connectivity index is 1.43. The van der Waals surface area contributed by atoms with Crippen molar-refractivity contribution in [3.63, 3.8) is 0 Å². The van der Waals surface area contributed by atoms with Crippen molar-refractivity contribution >= 4 is 23.4 Å². The van der Waals surface area contributed by atoms with E-state index in [1.54, 1.807) is 29.2 Å². The highest BCUT2D eigenvalue weighted by Crippen LogP contribution is 2.35. The quantitative estimate of drug-likeness (QED) is 0.569. The molecule has 2 aliphatic heterocycles. The number of amides is 2. The number of carbonyl (C=O) groups excluding carboxylic acids is 2. The summed E-state index contributed by atoms with van der Waals surface area (Å²) < 4.78 is 17.2. The van der Waals surface area contributed by atoms with Crippen molar-refractivity contribution in [3.8, 4) is 11.5 Å². The Bertz CT molecular complexity index is 949. The van der Waals surface area contributed by atoms with Gasteiger partial charge in [0.05, 0.1) is 19.8 Å². The van der Waals surface area contributed by atoms with Crippen LogP contribution in [0.3, 0.4) is 0 Å². The van der Waals surface area contributed by atoms with Gasteiger partial charge >= 0.3 is 0 Å². The van der Waals surface area contributed by atoms with E-state index < -0.39 is 5.41 Å². The summed E-state index contributed by atoms with van der Waals surface area (Å²) in [7, 11) is 0. The highest BCUT2D eigenvalue weighted by atomic mass is 35.5. The summed E-state index contributed by atoms with van der Waals surface area (Å²) in [6.07, 6.45) is 1.96. The molecule has 8 heteroatoms. The topological polar surface area (TPSA) is 68.3 Å². The van der Waals surface area contributed by atoms with Crippen molar-refractivity contribution in [2.75, 3.05) is 52.6 Å². The van der Waals surface area contributed by atoms with Gasteiger partial charge in [-0.2, -0.15) is 0 Å². The molecule has 2 aromatic carbocycles. The highest BCUT2D eigenvalue weighted by Gasteiger charge is 2.41. The van der Waals surface area contributed by atoms with E-state index in [9.17, 15) is 9.59 Å². The fourth-order valence-corrected chi connectivity index (χ4v) is 4.63. The monoisotopic (exact) mass is 486 g/mol. The first-order valence-electron chi connectivity index (χ1n) is 11.7. The van der Waals surface area contributed by atoms with Crippen LogP contribution >= 0.6 is 11.6 Å². The van der Waals surface area contributed by atoms with Crippen LogP contribution in [0.4, 0.5) is 0 Å². The maximum atomic E-state index is 13.2. The second kappa shape index (κ2) is 11.6. The summed E-state index contributed by atoms with van der Waals surface area (Å²) in [5, 5.41) is 0.614. The van der Waals surface area contributed by atoms with Crippen molar-refractivity contribution < 1.29 is 23.8 Å². The Morgan fingerprint density at radius 3 is 2.32 bits per heavy atom. The van der Waals surface area contributed by atoms with Crippen LogP contribution in [0.25, 0.3) is 0 Å². The van der Waals surface area contributed by atoms with Crippen LogP contribution in [0, 0.1) is 5.41 Å². The van der Waals surface area contributed by atoms with Gasteiger partial charge in [0.25, 0.3) is 5.91 Å². The van der Waals surface area contributed by atoms with Crippen LogP contribution in [0.5, 0.6) is 11.5 Å². The molecule has 0 unspecified atom stereocenters. The lowest BCUT2D eigenvalue weighted by Crippen LogP contribution is -2.52. The maximum absolute atomic E-state index is 13.2. The van der Waals surface area contributed by atoms with Gasteiger partial charge < -0.3 is 24.0 Å². The number of hydrogen-bond donors (Lipinski definition) is 0. The second-order valence-corrected chi connectivity index (χ2v) is 9.37.